The maximum atomic E-state index is 12.0. The molecule has 1 atom stereocenters. The van der Waals surface area contributed by atoms with Crippen LogP contribution in [-0.4, -0.2) is 31.5 Å². The zero-order chi connectivity index (χ0) is 15.0. The maximum Gasteiger partial charge on any atom is 0.232 e. The molecule has 0 N–H and O–H groups in total. The van der Waals surface area contributed by atoms with Gasteiger partial charge in [-0.2, -0.15) is 0 Å². The molecule has 1 amide bonds. The van der Waals surface area contributed by atoms with Crippen LogP contribution in [0.5, 0.6) is 0 Å². The Bertz CT molecular complexity index is 751. The van der Waals surface area contributed by atoms with Crippen molar-refractivity contribution in [2.24, 2.45) is 5.92 Å². The zero-order valence-electron chi connectivity index (χ0n) is 11.2. The molecule has 0 aliphatic carbocycles. The Morgan fingerprint density at radius 3 is 2.81 bits per heavy atom. The van der Waals surface area contributed by atoms with Gasteiger partial charge in [0.25, 0.3) is 0 Å². The van der Waals surface area contributed by atoms with Crippen LogP contribution in [0, 0.1) is 5.92 Å². The Morgan fingerprint density at radius 2 is 2.10 bits per heavy atom. The van der Waals surface area contributed by atoms with E-state index in [4.69, 9.17) is 10.7 Å². The lowest BCUT2D eigenvalue weighted by Gasteiger charge is -2.15. The van der Waals surface area contributed by atoms with Crippen LogP contribution in [0.3, 0.4) is 0 Å². The standard InChI is InChI=1S/C14H14ClNO3S2/c15-21(18,19)9-10-5-14(17)16(7-10)8-12-6-11-3-1-2-4-13(11)20-12/h1-4,6,10H,5,7-9H2. The predicted molar refractivity (Wildman–Crippen MR) is 85.0 cm³/mol. The number of thiophene rings is 1. The first-order chi connectivity index (χ1) is 9.90. The highest BCUT2D eigenvalue weighted by atomic mass is 35.7. The van der Waals surface area contributed by atoms with Gasteiger partial charge >= 0.3 is 0 Å². The lowest BCUT2D eigenvalue weighted by Crippen LogP contribution is -2.24. The van der Waals surface area contributed by atoms with E-state index in [1.165, 1.54) is 10.1 Å². The van der Waals surface area contributed by atoms with Crippen LogP contribution in [0.2, 0.25) is 0 Å². The molecule has 1 unspecified atom stereocenters. The summed E-state index contributed by atoms with van der Waals surface area (Å²) in [6, 6.07) is 10.2. The topological polar surface area (TPSA) is 54.5 Å². The first-order valence-corrected chi connectivity index (χ1v) is 9.88. The maximum absolute atomic E-state index is 12.0. The molecule has 0 bridgehead atoms. The van der Waals surface area contributed by atoms with Gasteiger partial charge in [-0.3, -0.25) is 4.79 Å². The molecule has 2 aromatic rings. The van der Waals surface area contributed by atoms with Gasteiger partial charge in [-0.1, -0.05) is 18.2 Å². The summed E-state index contributed by atoms with van der Waals surface area (Å²) >= 11 is 1.66. The van der Waals surface area contributed by atoms with Gasteiger partial charge in [0.05, 0.1) is 12.3 Å². The van der Waals surface area contributed by atoms with E-state index in [1.807, 2.05) is 18.2 Å². The molecule has 7 heteroatoms. The molecular formula is C14H14ClNO3S2. The van der Waals surface area contributed by atoms with E-state index in [1.54, 1.807) is 16.2 Å². The summed E-state index contributed by atoms with van der Waals surface area (Å²) in [5, 5.41) is 1.17. The molecule has 1 fully saturated rings. The Labute approximate surface area is 131 Å². The molecule has 1 saturated heterocycles. The number of carbonyl (C=O) groups is 1. The van der Waals surface area contributed by atoms with E-state index in [2.05, 4.69) is 12.1 Å². The van der Waals surface area contributed by atoms with Gasteiger partial charge in [-0.05, 0) is 17.5 Å². The van der Waals surface area contributed by atoms with Gasteiger partial charge < -0.3 is 4.90 Å². The quantitative estimate of drug-likeness (QED) is 0.802. The number of hydrogen-bond acceptors (Lipinski definition) is 4. The van der Waals surface area contributed by atoms with E-state index in [-0.39, 0.29) is 24.0 Å². The number of amides is 1. The van der Waals surface area contributed by atoms with E-state index in [0.717, 1.165) is 4.88 Å². The summed E-state index contributed by atoms with van der Waals surface area (Å²) < 4.78 is 23.4. The van der Waals surface area contributed by atoms with E-state index >= 15 is 0 Å². The van der Waals surface area contributed by atoms with Gasteiger partial charge in [0, 0.05) is 39.1 Å². The van der Waals surface area contributed by atoms with Crippen molar-refractivity contribution < 1.29 is 13.2 Å². The third kappa shape index (κ3) is 3.56. The summed E-state index contributed by atoms with van der Waals surface area (Å²) in [5.74, 6) is -0.337. The monoisotopic (exact) mass is 343 g/mol. The van der Waals surface area contributed by atoms with Crippen molar-refractivity contribution in [2.45, 2.75) is 13.0 Å². The number of halogens is 1. The fraction of sp³-hybridized carbons (Fsp3) is 0.357. The molecular weight excluding hydrogens is 330 g/mol. The largest absolute Gasteiger partial charge is 0.337 e. The van der Waals surface area contributed by atoms with Gasteiger partial charge in [0.15, 0.2) is 0 Å². The molecule has 3 rings (SSSR count). The third-order valence-electron chi connectivity index (χ3n) is 3.55. The normalized spacial score (nSPS) is 19.6. The third-order valence-corrected chi connectivity index (χ3v) is 5.90. The Kier molecular flexibility index (Phi) is 3.94. The summed E-state index contributed by atoms with van der Waals surface area (Å²) in [4.78, 5) is 14.8. The lowest BCUT2D eigenvalue weighted by atomic mass is 10.1. The minimum atomic E-state index is -3.55. The summed E-state index contributed by atoms with van der Waals surface area (Å²) in [6.07, 6.45) is 0.261. The molecule has 0 saturated carbocycles. The van der Waals surface area contributed by atoms with Crippen LogP contribution in [0.15, 0.2) is 30.3 Å². The number of carbonyl (C=O) groups excluding carboxylic acids is 1. The number of rotatable bonds is 4. The Morgan fingerprint density at radius 1 is 1.33 bits per heavy atom. The zero-order valence-corrected chi connectivity index (χ0v) is 13.5. The van der Waals surface area contributed by atoms with Crippen molar-refractivity contribution in [1.82, 2.24) is 4.90 Å². The average molecular weight is 344 g/mol. The number of hydrogen-bond donors (Lipinski definition) is 0. The second kappa shape index (κ2) is 5.59. The molecule has 21 heavy (non-hydrogen) atoms. The highest BCUT2D eigenvalue weighted by Gasteiger charge is 2.32. The smallest absolute Gasteiger partial charge is 0.232 e. The summed E-state index contributed by atoms with van der Waals surface area (Å²) in [5.41, 5.74) is 0. The van der Waals surface area contributed by atoms with Crippen LogP contribution in [-0.2, 0) is 20.4 Å². The first kappa shape index (κ1) is 14.8. The van der Waals surface area contributed by atoms with Crippen LogP contribution in [0.1, 0.15) is 11.3 Å². The van der Waals surface area contributed by atoms with Gasteiger partial charge in [-0.15, -0.1) is 11.3 Å². The Hall–Kier alpha value is -1.11. The van der Waals surface area contributed by atoms with Crippen molar-refractivity contribution in [3.8, 4) is 0 Å². The molecule has 0 spiro atoms. The van der Waals surface area contributed by atoms with Crippen LogP contribution >= 0.6 is 22.0 Å². The van der Waals surface area contributed by atoms with Gasteiger partial charge in [-0.25, -0.2) is 8.42 Å². The highest BCUT2D eigenvalue weighted by molar-refractivity contribution is 8.13. The summed E-state index contributed by atoms with van der Waals surface area (Å²) in [7, 11) is 1.71. The van der Waals surface area contributed by atoms with E-state index in [0.29, 0.717) is 13.1 Å². The van der Waals surface area contributed by atoms with Crippen molar-refractivity contribution in [2.75, 3.05) is 12.3 Å². The van der Waals surface area contributed by atoms with Crippen molar-refractivity contribution in [1.29, 1.82) is 0 Å². The second-order valence-corrected chi connectivity index (χ2v) is 9.29. The molecule has 0 radical (unpaired) electrons. The number of fused-ring (bicyclic) bond motifs is 1. The molecule has 4 nitrogen and oxygen atoms in total. The Balaban J connectivity index is 1.71. The first-order valence-electron chi connectivity index (χ1n) is 6.58. The number of nitrogens with zero attached hydrogens (tertiary/aromatic N) is 1. The lowest BCUT2D eigenvalue weighted by molar-refractivity contribution is -0.128. The minimum absolute atomic E-state index is 0.00206. The van der Waals surface area contributed by atoms with Crippen LogP contribution in [0.4, 0.5) is 0 Å². The summed E-state index contributed by atoms with van der Waals surface area (Å²) in [6.45, 7) is 0.996. The number of likely N-dealkylation sites (tertiary alicyclic amines) is 1. The van der Waals surface area contributed by atoms with Crippen molar-refractivity contribution >= 4 is 47.1 Å². The molecule has 1 aliphatic heterocycles. The SMILES string of the molecule is O=C1CC(CS(=O)(=O)Cl)CN1Cc1cc2ccccc2s1. The molecule has 1 aliphatic rings. The fourth-order valence-electron chi connectivity index (χ4n) is 2.70. The molecule has 112 valence electrons. The second-order valence-electron chi connectivity index (χ2n) is 5.30. The predicted octanol–water partition coefficient (Wildman–Crippen LogP) is 2.82. The van der Waals surface area contributed by atoms with Crippen LogP contribution in [0.25, 0.3) is 10.1 Å². The molecule has 1 aromatic carbocycles. The fourth-order valence-corrected chi connectivity index (χ4v) is 5.10. The van der Waals surface area contributed by atoms with E-state index < -0.39 is 9.05 Å². The number of benzene rings is 1. The van der Waals surface area contributed by atoms with Crippen molar-refractivity contribution in [3.05, 3.63) is 35.2 Å². The van der Waals surface area contributed by atoms with Gasteiger partial charge in [0.1, 0.15) is 0 Å². The average Bonchev–Trinajstić information content (AvgIpc) is 2.91. The van der Waals surface area contributed by atoms with E-state index in [9.17, 15) is 13.2 Å². The van der Waals surface area contributed by atoms with Crippen molar-refractivity contribution in [3.63, 3.8) is 0 Å². The molecule has 2 heterocycles. The van der Waals surface area contributed by atoms with Gasteiger partial charge in [0.2, 0.25) is 15.0 Å². The minimum Gasteiger partial charge on any atom is -0.337 e. The highest BCUT2D eigenvalue weighted by Crippen LogP contribution is 2.29. The molecule has 1 aromatic heterocycles. The van der Waals surface area contributed by atoms with Crippen LogP contribution < -0.4 is 0 Å².